The lowest BCUT2D eigenvalue weighted by Crippen LogP contribution is -2.34. The van der Waals surface area contributed by atoms with E-state index in [1.165, 1.54) is 12.1 Å². The summed E-state index contributed by atoms with van der Waals surface area (Å²) < 4.78 is 19.4. The molecule has 0 aliphatic rings. The molecule has 2 nitrogen and oxygen atoms in total. The van der Waals surface area contributed by atoms with E-state index < -0.39 is 0 Å². The Morgan fingerprint density at radius 3 is 2.60 bits per heavy atom. The van der Waals surface area contributed by atoms with Crippen LogP contribution in [-0.2, 0) is 4.74 Å². The molecule has 2 unspecified atom stereocenters. The highest BCUT2D eigenvalue weighted by Crippen LogP contribution is 2.29. The van der Waals surface area contributed by atoms with Gasteiger partial charge >= 0.3 is 0 Å². The van der Waals surface area contributed by atoms with Crippen LogP contribution in [0, 0.1) is 5.82 Å². The fourth-order valence-corrected chi connectivity index (χ4v) is 2.57. The lowest BCUT2D eigenvalue weighted by atomic mass is 9.97. The lowest BCUT2D eigenvalue weighted by molar-refractivity contribution is 0.0276. The highest BCUT2D eigenvalue weighted by Gasteiger charge is 2.24. The highest BCUT2D eigenvalue weighted by molar-refractivity contribution is 6.31. The molecule has 0 heterocycles. The van der Waals surface area contributed by atoms with Crippen LogP contribution in [0.3, 0.4) is 0 Å². The van der Waals surface area contributed by atoms with E-state index in [2.05, 4.69) is 19.2 Å². The van der Waals surface area contributed by atoms with Crippen molar-refractivity contribution in [2.45, 2.75) is 52.2 Å². The zero-order chi connectivity index (χ0) is 15.0. The molecule has 0 fully saturated rings. The maximum absolute atomic E-state index is 13.5. The summed E-state index contributed by atoms with van der Waals surface area (Å²) in [6.07, 6.45) is 2.95. The summed E-state index contributed by atoms with van der Waals surface area (Å²) in [4.78, 5) is 0. The quantitative estimate of drug-likeness (QED) is 0.712. The van der Waals surface area contributed by atoms with Gasteiger partial charge in [0, 0.05) is 11.6 Å². The summed E-state index contributed by atoms with van der Waals surface area (Å²) in [7, 11) is 0. The SMILES string of the molecule is CCCNC(c1cc(F)ccc1Cl)C(CCC)OCC. The first kappa shape index (κ1) is 17.4. The van der Waals surface area contributed by atoms with Crippen LogP contribution < -0.4 is 5.32 Å². The molecule has 20 heavy (non-hydrogen) atoms. The second-order valence-electron chi connectivity index (χ2n) is 4.88. The molecule has 0 saturated carbocycles. The minimum absolute atomic E-state index is 0.0100. The van der Waals surface area contributed by atoms with Crippen molar-refractivity contribution in [2.75, 3.05) is 13.2 Å². The molecule has 0 saturated heterocycles. The van der Waals surface area contributed by atoms with Crippen LogP contribution in [0.25, 0.3) is 0 Å². The van der Waals surface area contributed by atoms with Gasteiger partial charge in [-0.3, -0.25) is 0 Å². The molecule has 0 aliphatic heterocycles. The molecule has 0 bridgehead atoms. The van der Waals surface area contributed by atoms with Gasteiger partial charge in [0.15, 0.2) is 0 Å². The predicted molar refractivity (Wildman–Crippen MR) is 82.8 cm³/mol. The van der Waals surface area contributed by atoms with E-state index in [-0.39, 0.29) is 18.0 Å². The van der Waals surface area contributed by atoms with Gasteiger partial charge in [0.25, 0.3) is 0 Å². The number of benzene rings is 1. The summed E-state index contributed by atoms with van der Waals surface area (Å²) in [5.41, 5.74) is 0.784. The number of rotatable bonds is 9. The standard InChI is InChI=1S/C16H25ClFNO/c1-4-7-15(20-6-3)16(19-10-5-2)13-11-12(18)8-9-14(13)17/h8-9,11,15-16,19H,4-7,10H2,1-3H3. The largest absolute Gasteiger partial charge is 0.377 e. The van der Waals surface area contributed by atoms with Gasteiger partial charge in [-0.25, -0.2) is 4.39 Å². The third-order valence-corrected chi connectivity index (χ3v) is 3.58. The average molecular weight is 302 g/mol. The topological polar surface area (TPSA) is 21.3 Å². The maximum Gasteiger partial charge on any atom is 0.123 e. The van der Waals surface area contributed by atoms with Crippen molar-refractivity contribution in [3.05, 3.63) is 34.6 Å². The zero-order valence-electron chi connectivity index (χ0n) is 12.6. The van der Waals surface area contributed by atoms with Crippen molar-refractivity contribution in [1.82, 2.24) is 5.32 Å². The van der Waals surface area contributed by atoms with Crippen LogP contribution >= 0.6 is 11.6 Å². The molecule has 114 valence electrons. The van der Waals surface area contributed by atoms with Crippen molar-refractivity contribution in [3.8, 4) is 0 Å². The fraction of sp³-hybridized carbons (Fsp3) is 0.625. The van der Waals surface area contributed by atoms with Crippen LogP contribution in [-0.4, -0.2) is 19.3 Å². The van der Waals surface area contributed by atoms with Crippen molar-refractivity contribution in [1.29, 1.82) is 0 Å². The van der Waals surface area contributed by atoms with Gasteiger partial charge in [-0.1, -0.05) is 31.9 Å². The Balaban J connectivity index is 3.04. The third-order valence-electron chi connectivity index (χ3n) is 3.23. The lowest BCUT2D eigenvalue weighted by Gasteiger charge is -2.29. The molecule has 1 aromatic carbocycles. The molecule has 0 spiro atoms. The number of hydrogen-bond acceptors (Lipinski definition) is 2. The smallest absolute Gasteiger partial charge is 0.123 e. The Bertz CT molecular complexity index is 394. The highest BCUT2D eigenvalue weighted by atomic mass is 35.5. The van der Waals surface area contributed by atoms with E-state index in [0.717, 1.165) is 31.4 Å². The number of ether oxygens (including phenoxy) is 1. The fourth-order valence-electron chi connectivity index (χ4n) is 2.34. The molecule has 4 heteroatoms. The van der Waals surface area contributed by atoms with Crippen molar-refractivity contribution >= 4 is 11.6 Å². The molecule has 0 aromatic heterocycles. The van der Waals surface area contributed by atoms with Gasteiger partial charge < -0.3 is 10.1 Å². The Kier molecular flexibility index (Phi) is 8.12. The van der Waals surface area contributed by atoms with E-state index in [1.54, 1.807) is 6.07 Å². The molecule has 1 N–H and O–H groups in total. The Morgan fingerprint density at radius 1 is 1.25 bits per heavy atom. The first-order chi connectivity index (χ1) is 9.63. The minimum Gasteiger partial charge on any atom is -0.377 e. The molecule has 1 rings (SSSR count). The summed E-state index contributed by atoms with van der Waals surface area (Å²) in [5.74, 6) is -0.264. The van der Waals surface area contributed by atoms with Crippen LogP contribution in [0.1, 0.15) is 51.6 Å². The van der Waals surface area contributed by atoms with Crippen LogP contribution in [0.2, 0.25) is 5.02 Å². The van der Waals surface area contributed by atoms with Gasteiger partial charge in [0.1, 0.15) is 5.82 Å². The van der Waals surface area contributed by atoms with Gasteiger partial charge in [-0.05, 0) is 50.1 Å². The molecule has 0 radical (unpaired) electrons. The summed E-state index contributed by atoms with van der Waals surface area (Å²) in [6, 6.07) is 4.44. The van der Waals surface area contributed by atoms with Crippen molar-refractivity contribution in [3.63, 3.8) is 0 Å². The molecule has 0 aliphatic carbocycles. The van der Waals surface area contributed by atoms with Gasteiger partial charge in [0.05, 0.1) is 12.1 Å². The van der Waals surface area contributed by atoms with Gasteiger partial charge in [-0.2, -0.15) is 0 Å². The van der Waals surface area contributed by atoms with Gasteiger partial charge in [0.2, 0.25) is 0 Å². The summed E-state index contributed by atoms with van der Waals surface area (Å²) in [6.45, 7) is 7.70. The minimum atomic E-state index is -0.264. The van der Waals surface area contributed by atoms with E-state index >= 15 is 0 Å². The Hall–Kier alpha value is -0.640. The van der Waals surface area contributed by atoms with Crippen LogP contribution in [0.4, 0.5) is 4.39 Å². The number of halogens is 2. The first-order valence-electron chi connectivity index (χ1n) is 7.43. The van der Waals surface area contributed by atoms with E-state index in [9.17, 15) is 4.39 Å². The predicted octanol–water partition coefficient (Wildman–Crippen LogP) is 4.73. The molecular weight excluding hydrogens is 277 g/mol. The molecule has 2 atom stereocenters. The average Bonchev–Trinajstić information content (AvgIpc) is 2.43. The Labute approximate surface area is 126 Å². The van der Waals surface area contributed by atoms with Crippen LogP contribution in [0.15, 0.2) is 18.2 Å². The van der Waals surface area contributed by atoms with Crippen molar-refractivity contribution in [2.24, 2.45) is 0 Å². The summed E-state index contributed by atoms with van der Waals surface area (Å²) in [5, 5.41) is 4.03. The van der Waals surface area contributed by atoms with E-state index in [0.29, 0.717) is 11.6 Å². The monoisotopic (exact) mass is 301 g/mol. The third kappa shape index (κ3) is 5.04. The zero-order valence-corrected chi connectivity index (χ0v) is 13.3. The number of nitrogens with one attached hydrogen (secondary N) is 1. The number of hydrogen-bond donors (Lipinski definition) is 1. The van der Waals surface area contributed by atoms with Gasteiger partial charge in [-0.15, -0.1) is 0 Å². The summed E-state index contributed by atoms with van der Waals surface area (Å²) >= 11 is 6.25. The molecule has 0 amide bonds. The normalized spacial score (nSPS) is 14.2. The second kappa shape index (κ2) is 9.32. The van der Waals surface area contributed by atoms with Crippen molar-refractivity contribution < 1.29 is 9.13 Å². The van der Waals surface area contributed by atoms with E-state index in [1.807, 2.05) is 6.92 Å². The maximum atomic E-state index is 13.5. The second-order valence-corrected chi connectivity index (χ2v) is 5.29. The molecular formula is C16H25ClFNO. The first-order valence-corrected chi connectivity index (χ1v) is 7.81. The Morgan fingerprint density at radius 2 is 2.00 bits per heavy atom. The van der Waals surface area contributed by atoms with Crippen LogP contribution in [0.5, 0.6) is 0 Å². The van der Waals surface area contributed by atoms with E-state index in [4.69, 9.17) is 16.3 Å². The molecule has 1 aromatic rings.